The van der Waals surface area contributed by atoms with Gasteiger partial charge < -0.3 is 10.4 Å². The van der Waals surface area contributed by atoms with Crippen molar-refractivity contribution in [2.45, 2.75) is 45.1 Å². The molecule has 1 heterocycles. The number of hydrogen-bond acceptors (Lipinski definition) is 3. The van der Waals surface area contributed by atoms with E-state index in [0.717, 1.165) is 19.4 Å². The van der Waals surface area contributed by atoms with Crippen molar-refractivity contribution in [3.8, 4) is 6.07 Å². The van der Waals surface area contributed by atoms with Gasteiger partial charge in [0.25, 0.3) is 0 Å². The molecular weight excluding hydrogens is 453 g/mol. The van der Waals surface area contributed by atoms with Crippen LogP contribution in [-0.2, 0) is 0 Å². The minimum Gasteiger partial charge on any atom is -0.400 e. The lowest BCUT2D eigenvalue weighted by Gasteiger charge is -2.30. The van der Waals surface area contributed by atoms with Crippen molar-refractivity contribution in [1.82, 2.24) is 5.32 Å². The zero-order chi connectivity index (χ0) is 23.9. The summed E-state index contributed by atoms with van der Waals surface area (Å²) in [7, 11) is 1.00. The van der Waals surface area contributed by atoms with Crippen molar-refractivity contribution >= 4 is 23.2 Å². The number of nitrogens with zero attached hydrogens (tertiary/aromatic N) is 1. The quantitative estimate of drug-likeness (QED) is 0.516. The predicted molar refractivity (Wildman–Crippen MR) is 126 cm³/mol. The van der Waals surface area contributed by atoms with Crippen LogP contribution in [0.3, 0.4) is 0 Å². The van der Waals surface area contributed by atoms with E-state index in [9.17, 15) is 14.0 Å². The van der Waals surface area contributed by atoms with Gasteiger partial charge in [0.2, 0.25) is 0 Å². The third kappa shape index (κ3) is 6.89. The van der Waals surface area contributed by atoms with Crippen LogP contribution >= 0.6 is 23.2 Å². The maximum atomic E-state index is 14.3. The summed E-state index contributed by atoms with van der Waals surface area (Å²) in [5.74, 6) is -0.221. The van der Waals surface area contributed by atoms with Crippen LogP contribution in [0.1, 0.15) is 44.6 Å². The summed E-state index contributed by atoms with van der Waals surface area (Å²) in [4.78, 5) is 0. The van der Waals surface area contributed by atoms with Crippen LogP contribution in [0.15, 0.2) is 42.5 Å². The first kappa shape index (κ1) is 26.5. The number of aliphatic hydroxyl groups is 1. The van der Waals surface area contributed by atoms with E-state index in [4.69, 9.17) is 28.3 Å². The standard InChI is InChI=1S/C18H22ClFN2.C6H4ClF.CH4O/c1-18(2,11-6-7-11)8-16-13(9-21)14(10-22-16)12-4-3-5-15(19)17(12)20;7-5-2-1-3-6(8)4-5;1-2/h3-5,11,13-14,16,22H,6-8,10H2,1-2H3;1-4H;2H,1H3. The Morgan fingerprint density at radius 2 is 1.78 bits per heavy atom. The minimum absolute atomic E-state index is 0.122. The fraction of sp³-hybridized carbons (Fsp3) is 0.480. The molecule has 4 rings (SSSR count). The largest absolute Gasteiger partial charge is 0.400 e. The van der Waals surface area contributed by atoms with Gasteiger partial charge in [-0.25, -0.2) is 8.78 Å². The smallest absolute Gasteiger partial charge is 0.145 e. The first-order valence-electron chi connectivity index (χ1n) is 10.7. The molecule has 2 aromatic rings. The Labute approximate surface area is 199 Å². The lowest BCUT2D eigenvalue weighted by molar-refractivity contribution is 0.238. The van der Waals surface area contributed by atoms with E-state index < -0.39 is 0 Å². The molecule has 174 valence electrons. The van der Waals surface area contributed by atoms with Crippen molar-refractivity contribution in [3.05, 3.63) is 69.7 Å². The summed E-state index contributed by atoms with van der Waals surface area (Å²) in [6.07, 6.45) is 3.56. The van der Waals surface area contributed by atoms with E-state index in [1.165, 1.54) is 25.0 Å². The Balaban J connectivity index is 0.000000304. The Kier molecular flexibility index (Phi) is 9.91. The average Bonchev–Trinajstić information content (AvgIpc) is 3.55. The molecule has 1 saturated heterocycles. The number of nitriles is 1. The molecule has 32 heavy (non-hydrogen) atoms. The van der Waals surface area contributed by atoms with Crippen molar-refractivity contribution in [3.63, 3.8) is 0 Å². The van der Waals surface area contributed by atoms with Gasteiger partial charge >= 0.3 is 0 Å². The molecule has 0 bridgehead atoms. The van der Waals surface area contributed by atoms with Gasteiger partial charge in [-0.2, -0.15) is 5.26 Å². The van der Waals surface area contributed by atoms with Gasteiger partial charge in [-0.3, -0.25) is 0 Å². The molecule has 3 unspecified atom stereocenters. The maximum absolute atomic E-state index is 14.3. The number of aliphatic hydroxyl groups excluding tert-OH is 1. The third-order valence-electron chi connectivity index (χ3n) is 6.21. The fourth-order valence-electron chi connectivity index (χ4n) is 4.36. The average molecular weight is 483 g/mol. The highest BCUT2D eigenvalue weighted by Gasteiger charge is 2.45. The normalized spacial score (nSPS) is 22.2. The Morgan fingerprint density at radius 3 is 2.31 bits per heavy atom. The zero-order valence-corrected chi connectivity index (χ0v) is 20.1. The molecule has 0 radical (unpaired) electrons. The highest BCUT2D eigenvalue weighted by Crippen LogP contribution is 2.49. The van der Waals surface area contributed by atoms with Crippen molar-refractivity contribution in [2.75, 3.05) is 13.7 Å². The van der Waals surface area contributed by atoms with E-state index in [2.05, 4.69) is 25.2 Å². The predicted octanol–water partition coefficient (Wildman–Crippen LogP) is 6.59. The van der Waals surface area contributed by atoms with Gasteiger partial charge in [0.1, 0.15) is 11.6 Å². The Bertz CT molecular complexity index is 911. The van der Waals surface area contributed by atoms with Gasteiger partial charge in [0.05, 0.1) is 17.0 Å². The highest BCUT2D eigenvalue weighted by atomic mass is 35.5. The minimum atomic E-state index is -0.377. The first-order valence-corrected chi connectivity index (χ1v) is 11.4. The van der Waals surface area contributed by atoms with Crippen molar-refractivity contribution in [2.24, 2.45) is 17.3 Å². The molecule has 1 saturated carbocycles. The number of benzene rings is 2. The van der Waals surface area contributed by atoms with Crippen LogP contribution in [0.2, 0.25) is 10.0 Å². The third-order valence-corrected chi connectivity index (χ3v) is 6.74. The fourth-order valence-corrected chi connectivity index (χ4v) is 4.72. The van der Waals surface area contributed by atoms with Crippen LogP contribution in [-0.4, -0.2) is 24.8 Å². The summed E-state index contributed by atoms with van der Waals surface area (Å²) in [6, 6.07) is 13.4. The summed E-state index contributed by atoms with van der Waals surface area (Å²) in [6.45, 7) is 5.21. The van der Waals surface area contributed by atoms with E-state index in [1.54, 1.807) is 30.3 Å². The summed E-state index contributed by atoms with van der Waals surface area (Å²) < 4.78 is 26.4. The van der Waals surface area contributed by atoms with Crippen LogP contribution in [0.4, 0.5) is 8.78 Å². The summed E-state index contributed by atoms with van der Waals surface area (Å²) >= 11 is 11.3. The van der Waals surface area contributed by atoms with Crippen LogP contribution in [0.5, 0.6) is 0 Å². The molecule has 0 aromatic heterocycles. The van der Waals surface area contributed by atoms with Gasteiger partial charge in [0.15, 0.2) is 0 Å². The monoisotopic (exact) mass is 482 g/mol. The molecule has 3 atom stereocenters. The molecule has 0 spiro atoms. The van der Waals surface area contributed by atoms with E-state index in [0.29, 0.717) is 17.1 Å². The number of halogens is 4. The molecule has 1 aliphatic heterocycles. The molecular formula is C25H30Cl2F2N2O. The van der Waals surface area contributed by atoms with E-state index in [-0.39, 0.29) is 39.9 Å². The number of rotatable bonds is 4. The zero-order valence-electron chi connectivity index (χ0n) is 18.6. The van der Waals surface area contributed by atoms with Crippen molar-refractivity contribution in [1.29, 1.82) is 5.26 Å². The van der Waals surface area contributed by atoms with E-state index in [1.807, 2.05) is 0 Å². The first-order chi connectivity index (χ1) is 15.2. The number of nitrogens with one attached hydrogen (secondary N) is 1. The van der Waals surface area contributed by atoms with E-state index >= 15 is 0 Å². The van der Waals surface area contributed by atoms with Gasteiger partial charge in [0, 0.05) is 30.6 Å². The van der Waals surface area contributed by atoms with Gasteiger partial charge in [-0.1, -0.05) is 55.2 Å². The summed E-state index contributed by atoms with van der Waals surface area (Å²) in [5.41, 5.74) is 0.812. The molecule has 3 nitrogen and oxygen atoms in total. The second-order valence-electron chi connectivity index (χ2n) is 8.83. The molecule has 2 N–H and O–H groups in total. The van der Waals surface area contributed by atoms with Crippen molar-refractivity contribution < 1.29 is 13.9 Å². The molecule has 2 fully saturated rings. The highest BCUT2D eigenvalue weighted by molar-refractivity contribution is 6.31. The topological polar surface area (TPSA) is 56.0 Å². The SMILES string of the molecule is CC(C)(CC1NCC(c2cccc(Cl)c2F)C1C#N)C1CC1.CO.Fc1cccc(Cl)c1. The maximum Gasteiger partial charge on any atom is 0.145 e. The Morgan fingerprint density at radius 1 is 1.12 bits per heavy atom. The lowest BCUT2D eigenvalue weighted by Crippen LogP contribution is -2.33. The van der Waals surface area contributed by atoms with Crippen LogP contribution in [0, 0.1) is 40.2 Å². The second-order valence-corrected chi connectivity index (χ2v) is 9.67. The lowest BCUT2D eigenvalue weighted by atomic mass is 9.76. The molecule has 1 aliphatic carbocycles. The molecule has 2 aromatic carbocycles. The number of hydrogen-bond donors (Lipinski definition) is 2. The molecule has 2 aliphatic rings. The van der Waals surface area contributed by atoms with Crippen LogP contribution in [0.25, 0.3) is 0 Å². The van der Waals surface area contributed by atoms with Gasteiger partial charge in [-0.05, 0) is 60.4 Å². The molecule has 7 heteroatoms. The summed E-state index contributed by atoms with van der Waals surface area (Å²) in [5, 5.41) is 20.7. The van der Waals surface area contributed by atoms with Gasteiger partial charge in [-0.15, -0.1) is 0 Å². The second kappa shape index (κ2) is 12.0. The Hall–Kier alpha value is -1.71. The van der Waals surface area contributed by atoms with Crippen LogP contribution < -0.4 is 5.32 Å². The molecule has 0 amide bonds.